The van der Waals surface area contributed by atoms with Crippen LogP contribution in [0.25, 0.3) is 0 Å². The fraction of sp³-hybridized carbons (Fsp3) is 0.294. The van der Waals surface area contributed by atoms with Gasteiger partial charge in [0, 0.05) is 47.0 Å². The normalized spacial score (nSPS) is 24.5. The summed E-state index contributed by atoms with van der Waals surface area (Å²) in [5, 5.41) is 3.49. The molecule has 28 heavy (non-hydrogen) atoms. The van der Waals surface area contributed by atoms with E-state index in [0.29, 0.717) is 17.4 Å². The van der Waals surface area contributed by atoms with Crippen molar-refractivity contribution in [3.05, 3.63) is 55.5 Å². The molecule has 1 aromatic rings. The second-order valence-corrected chi connectivity index (χ2v) is 16.0. The number of thioether (sulfide) groups is 8. The van der Waals surface area contributed by atoms with Crippen LogP contribution in [0.4, 0.5) is 0 Å². The maximum absolute atomic E-state index is 12.3. The van der Waals surface area contributed by atoms with Crippen LogP contribution >= 0.6 is 94.1 Å². The largest absolute Gasteiger partial charge is 0.351 e. The minimum atomic E-state index is -0.0190. The van der Waals surface area contributed by atoms with Crippen molar-refractivity contribution in [1.82, 2.24) is 10.3 Å². The zero-order valence-electron chi connectivity index (χ0n) is 14.3. The lowest BCUT2D eigenvalue weighted by atomic mass is 10.2. The van der Waals surface area contributed by atoms with Gasteiger partial charge in [0.15, 0.2) is 0 Å². The summed E-state index contributed by atoms with van der Waals surface area (Å²) >= 11 is 15.7. The summed E-state index contributed by atoms with van der Waals surface area (Å²) in [7, 11) is 0. The maximum Gasteiger partial charge on any atom is 0.251 e. The highest BCUT2D eigenvalue weighted by Gasteiger charge is 2.34. The molecule has 1 N–H and O–H groups in total. The van der Waals surface area contributed by atoms with E-state index in [0.717, 1.165) is 5.75 Å². The third kappa shape index (κ3) is 4.61. The fourth-order valence-corrected chi connectivity index (χ4v) is 15.1. The van der Waals surface area contributed by atoms with Gasteiger partial charge in [0.1, 0.15) is 0 Å². The van der Waals surface area contributed by atoms with Crippen molar-refractivity contribution in [1.29, 1.82) is 0 Å². The number of carbonyl (C=O) groups excluding carboxylic acids is 1. The van der Waals surface area contributed by atoms with Gasteiger partial charge in [-0.1, -0.05) is 47.0 Å². The highest BCUT2D eigenvalue weighted by molar-refractivity contribution is 8.45. The molecule has 0 aliphatic carbocycles. The van der Waals surface area contributed by atoms with E-state index in [1.54, 1.807) is 24.5 Å². The molecule has 3 nitrogen and oxygen atoms in total. The van der Waals surface area contributed by atoms with Crippen LogP contribution in [0.1, 0.15) is 10.4 Å². The Morgan fingerprint density at radius 3 is 2.18 bits per heavy atom. The van der Waals surface area contributed by atoms with E-state index in [2.05, 4.69) is 10.3 Å². The second-order valence-electron chi connectivity index (χ2n) is 5.83. The maximum atomic E-state index is 12.3. The lowest BCUT2D eigenvalue weighted by molar-refractivity contribution is 0.0954. The van der Waals surface area contributed by atoms with Gasteiger partial charge < -0.3 is 5.32 Å². The second kappa shape index (κ2) is 9.42. The zero-order chi connectivity index (χ0) is 18.9. The first kappa shape index (κ1) is 20.5. The lowest BCUT2D eigenvalue weighted by Gasteiger charge is -2.21. The molecule has 5 rings (SSSR count). The van der Waals surface area contributed by atoms with Crippen molar-refractivity contribution in [3.8, 4) is 0 Å². The zero-order valence-corrected chi connectivity index (χ0v) is 20.9. The SMILES string of the molecule is O=C(NCC1CSC2=C(SC(=C3SC4=C(SCCS4)S3)S2)S1)c1ccncc1. The first-order valence-corrected chi connectivity index (χ1v) is 15.5. The van der Waals surface area contributed by atoms with Gasteiger partial charge in [-0.05, 0) is 12.1 Å². The van der Waals surface area contributed by atoms with Crippen LogP contribution < -0.4 is 5.32 Å². The van der Waals surface area contributed by atoms with Crippen LogP contribution in [0.2, 0.25) is 0 Å². The number of pyridine rings is 1. The van der Waals surface area contributed by atoms with Crippen molar-refractivity contribution >= 4 is 100 Å². The van der Waals surface area contributed by atoms with Gasteiger partial charge in [0.05, 0.1) is 25.4 Å². The van der Waals surface area contributed by atoms with Crippen molar-refractivity contribution in [3.63, 3.8) is 0 Å². The van der Waals surface area contributed by atoms with Crippen LogP contribution in [0.5, 0.6) is 0 Å². The molecule has 4 aliphatic heterocycles. The predicted octanol–water partition coefficient (Wildman–Crippen LogP) is 6.48. The number of aromatic nitrogens is 1. The predicted molar refractivity (Wildman–Crippen MR) is 137 cm³/mol. The molecule has 0 saturated carbocycles. The molecule has 4 aliphatic rings. The first-order chi connectivity index (χ1) is 13.8. The minimum Gasteiger partial charge on any atom is -0.351 e. The summed E-state index contributed by atoms with van der Waals surface area (Å²) < 4.78 is 8.77. The molecule has 1 unspecified atom stereocenters. The standard InChI is InChI=1S/C17H14N2OS8/c20-11(9-1-3-18-4-2-9)19-7-10-8-23-14-15(24-10)28-17(27-14)16-25-12-13(26-16)22-6-5-21-12/h1-4,10H,5-8H2,(H,19,20). The highest BCUT2D eigenvalue weighted by Crippen LogP contribution is 2.68. The smallest absolute Gasteiger partial charge is 0.251 e. The summed E-state index contributed by atoms with van der Waals surface area (Å²) in [6.07, 6.45) is 3.31. The van der Waals surface area contributed by atoms with Gasteiger partial charge in [-0.15, -0.1) is 47.0 Å². The van der Waals surface area contributed by atoms with Crippen molar-refractivity contribution in [2.24, 2.45) is 0 Å². The number of rotatable bonds is 3. The molecule has 0 bridgehead atoms. The van der Waals surface area contributed by atoms with Crippen molar-refractivity contribution in [2.45, 2.75) is 5.25 Å². The average molecular weight is 519 g/mol. The van der Waals surface area contributed by atoms with Crippen molar-refractivity contribution in [2.75, 3.05) is 23.8 Å². The fourth-order valence-electron chi connectivity index (χ4n) is 2.58. The topological polar surface area (TPSA) is 42.0 Å². The van der Waals surface area contributed by atoms with E-state index < -0.39 is 0 Å². The molecule has 0 spiro atoms. The number of amides is 1. The Hall–Kier alpha value is 0.640. The number of hydrogen-bond donors (Lipinski definition) is 1. The molecule has 0 fully saturated rings. The van der Waals surface area contributed by atoms with E-state index in [1.165, 1.54) is 36.9 Å². The minimum absolute atomic E-state index is 0.0190. The molecule has 146 valence electrons. The lowest BCUT2D eigenvalue weighted by Crippen LogP contribution is -2.32. The van der Waals surface area contributed by atoms with Crippen LogP contribution in [0.3, 0.4) is 0 Å². The van der Waals surface area contributed by atoms with Gasteiger partial charge >= 0.3 is 0 Å². The number of hydrogen-bond acceptors (Lipinski definition) is 10. The number of carbonyl (C=O) groups is 1. The molecule has 1 atom stereocenters. The molecular formula is C17H14N2OS8. The molecule has 0 radical (unpaired) electrons. The molecular weight excluding hydrogens is 505 g/mol. The van der Waals surface area contributed by atoms with E-state index in [4.69, 9.17) is 0 Å². The van der Waals surface area contributed by atoms with Gasteiger partial charge in [-0.25, -0.2) is 0 Å². The third-order valence-corrected chi connectivity index (χ3v) is 16.3. The summed E-state index contributed by atoms with van der Waals surface area (Å²) in [6.45, 7) is 0.694. The molecule has 5 heterocycles. The number of nitrogens with one attached hydrogen (secondary N) is 1. The van der Waals surface area contributed by atoms with E-state index >= 15 is 0 Å². The Kier molecular flexibility index (Phi) is 6.91. The first-order valence-electron chi connectivity index (χ1n) is 8.44. The van der Waals surface area contributed by atoms with E-state index in [-0.39, 0.29) is 5.91 Å². The quantitative estimate of drug-likeness (QED) is 0.481. The third-order valence-electron chi connectivity index (χ3n) is 3.90. The summed E-state index contributed by atoms with van der Waals surface area (Å²) in [5.41, 5.74) is 0.670. The van der Waals surface area contributed by atoms with Crippen LogP contribution in [-0.4, -0.2) is 39.9 Å². The average Bonchev–Trinajstić information content (AvgIpc) is 3.36. The Labute approximate surface area is 198 Å². The van der Waals surface area contributed by atoms with Crippen LogP contribution in [0.15, 0.2) is 49.9 Å². The Morgan fingerprint density at radius 1 is 0.893 bits per heavy atom. The Balaban J connectivity index is 1.17. The van der Waals surface area contributed by atoms with Gasteiger partial charge in [-0.3, -0.25) is 9.78 Å². The van der Waals surface area contributed by atoms with Crippen LogP contribution in [-0.2, 0) is 0 Å². The molecule has 0 aromatic carbocycles. The summed E-state index contributed by atoms with van der Waals surface area (Å²) in [6, 6.07) is 3.50. The van der Waals surface area contributed by atoms with E-state index in [9.17, 15) is 4.79 Å². The van der Waals surface area contributed by atoms with Crippen molar-refractivity contribution < 1.29 is 4.79 Å². The molecule has 11 heteroatoms. The number of nitrogens with zero attached hydrogens (tertiary/aromatic N) is 1. The Morgan fingerprint density at radius 2 is 1.50 bits per heavy atom. The molecule has 1 amide bonds. The summed E-state index contributed by atoms with van der Waals surface area (Å²) in [5.74, 6) is 3.48. The molecule has 0 saturated heterocycles. The van der Waals surface area contributed by atoms with Gasteiger partial charge in [0.2, 0.25) is 0 Å². The van der Waals surface area contributed by atoms with E-state index in [1.807, 2.05) is 94.1 Å². The van der Waals surface area contributed by atoms with Gasteiger partial charge in [-0.2, -0.15) is 0 Å². The van der Waals surface area contributed by atoms with Crippen LogP contribution in [0, 0.1) is 0 Å². The van der Waals surface area contributed by atoms with Gasteiger partial charge in [0.25, 0.3) is 5.91 Å². The summed E-state index contributed by atoms with van der Waals surface area (Å²) in [4.78, 5) is 16.2. The molecule has 1 aromatic heterocycles. The monoisotopic (exact) mass is 518 g/mol. The highest BCUT2D eigenvalue weighted by atomic mass is 32.3. The Bertz CT molecular complexity index is 878.